The molecule has 0 saturated heterocycles. The van der Waals surface area contributed by atoms with Crippen LogP contribution in [0.5, 0.6) is 5.75 Å². The van der Waals surface area contributed by atoms with Gasteiger partial charge in [-0.3, -0.25) is 4.68 Å². The Labute approximate surface area is 185 Å². The van der Waals surface area contributed by atoms with Crippen LogP contribution in [0.1, 0.15) is 30.3 Å². The lowest BCUT2D eigenvalue weighted by Crippen LogP contribution is -2.38. The Morgan fingerprint density at radius 2 is 2.07 bits per heavy atom. The zero-order chi connectivity index (χ0) is 19.5. The first-order chi connectivity index (χ1) is 13.1. The molecule has 2 rings (SSSR count). The van der Waals surface area contributed by atoms with Gasteiger partial charge in [0.05, 0.1) is 12.2 Å². The largest absolute Gasteiger partial charge is 0.489 e. The molecule has 0 unspecified atom stereocenters. The Hall–Kier alpha value is -2.03. The van der Waals surface area contributed by atoms with E-state index in [1.807, 2.05) is 35.9 Å². The van der Waals surface area contributed by atoms with Crippen molar-refractivity contribution in [3.05, 3.63) is 59.9 Å². The van der Waals surface area contributed by atoms with Gasteiger partial charge in [0.25, 0.3) is 0 Å². The number of hydrogen-bond donors (Lipinski definition) is 2. The number of hydrogen-bond acceptors (Lipinski definition) is 3. The van der Waals surface area contributed by atoms with Crippen LogP contribution in [0.2, 0.25) is 0 Å². The van der Waals surface area contributed by atoms with Gasteiger partial charge in [-0.05, 0) is 39.3 Å². The summed E-state index contributed by atoms with van der Waals surface area (Å²) in [5, 5.41) is 11.2. The molecule has 28 heavy (non-hydrogen) atoms. The maximum absolute atomic E-state index is 5.70. The summed E-state index contributed by atoms with van der Waals surface area (Å²) >= 11 is 0. The predicted octanol–water partition coefficient (Wildman–Crippen LogP) is 3.83. The van der Waals surface area contributed by atoms with Gasteiger partial charge in [0.1, 0.15) is 12.4 Å². The van der Waals surface area contributed by atoms with Crippen molar-refractivity contribution in [2.75, 3.05) is 19.7 Å². The minimum Gasteiger partial charge on any atom is -0.489 e. The Morgan fingerprint density at radius 3 is 2.75 bits per heavy atom. The molecule has 2 aromatic rings. The molecule has 1 heterocycles. The molecule has 7 heteroatoms. The number of nitrogens with zero attached hydrogens (tertiary/aromatic N) is 3. The Bertz CT molecular complexity index is 757. The molecule has 0 atom stereocenters. The van der Waals surface area contributed by atoms with Crippen molar-refractivity contribution in [1.82, 2.24) is 20.4 Å². The van der Waals surface area contributed by atoms with E-state index < -0.39 is 0 Å². The number of halogens is 1. The highest BCUT2D eigenvalue weighted by Crippen LogP contribution is 2.18. The first-order valence-electron chi connectivity index (χ1n) is 9.49. The van der Waals surface area contributed by atoms with E-state index in [1.165, 1.54) is 5.69 Å². The van der Waals surface area contributed by atoms with Crippen molar-refractivity contribution in [1.29, 1.82) is 0 Å². The van der Waals surface area contributed by atoms with Gasteiger partial charge in [-0.25, -0.2) is 4.99 Å². The third-order valence-corrected chi connectivity index (χ3v) is 4.02. The monoisotopic (exact) mass is 497 g/mol. The zero-order valence-corrected chi connectivity index (χ0v) is 19.4. The van der Waals surface area contributed by atoms with E-state index in [2.05, 4.69) is 47.2 Å². The van der Waals surface area contributed by atoms with Gasteiger partial charge < -0.3 is 15.4 Å². The topological polar surface area (TPSA) is 63.5 Å². The molecule has 0 fully saturated rings. The number of aryl methyl sites for hydroxylation is 3. The number of nitrogens with one attached hydrogen (secondary N) is 2. The first-order valence-corrected chi connectivity index (χ1v) is 9.49. The quantitative estimate of drug-likeness (QED) is 0.172. The highest BCUT2D eigenvalue weighted by molar-refractivity contribution is 14.0. The second-order valence-electron chi connectivity index (χ2n) is 6.33. The second-order valence-corrected chi connectivity index (χ2v) is 6.33. The number of aliphatic imine (C=N–C) groups is 1. The molecule has 154 valence electrons. The lowest BCUT2D eigenvalue weighted by atomic mass is 10.2. The number of benzene rings is 1. The summed E-state index contributed by atoms with van der Waals surface area (Å²) in [7, 11) is 0. The van der Waals surface area contributed by atoms with E-state index in [-0.39, 0.29) is 24.0 Å². The molecular formula is C21H32IN5O. The highest BCUT2D eigenvalue weighted by atomic mass is 127. The third kappa shape index (κ3) is 7.92. The SMILES string of the molecule is C=CCOc1ccccc1CN=C(NCC)NCCCn1nc(C)cc1C.I. The fraction of sp³-hybridized carbons (Fsp3) is 0.429. The second kappa shape index (κ2) is 13.2. The van der Waals surface area contributed by atoms with Gasteiger partial charge in [-0.1, -0.05) is 30.9 Å². The highest BCUT2D eigenvalue weighted by Gasteiger charge is 2.04. The molecule has 0 bridgehead atoms. The van der Waals surface area contributed by atoms with E-state index in [0.717, 1.165) is 49.0 Å². The summed E-state index contributed by atoms with van der Waals surface area (Å²) in [6.45, 7) is 13.5. The summed E-state index contributed by atoms with van der Waals surface area (Å²) < 4.78 is 7.75. The maximum Gasteiger partial charge on any atom is 0.191 e. The molecule has 1 aromatic heterocycles. The molecular weight excluding hydrogens is 465 g/mol. The average molecular weight is 497 g/mol. The Balaban J connectivity index is 0.00000392. The van der Waals surface area contributed by atoms with Crippen molar-refractivity contribution in [2.45, 2.75) is 40.3 Å². The fourth-order valence-electron chi connectivity index (χ4n) is 2.77. The Kier molecular flexibility index (Phi) is 11.3. The first kappa shape index (κ1) is 24.0. The fourth-order valence-corrected chi connectivity index (χ4v) is 2.77. The van der Waals surface area contributed by atoms with Gasteiger partial charge >= 0.3 is 0 Å². The number of aromatic nitrogens is 2. The van der Waals surface area contributed by atoms with Crippen molar-refractivity contribution in [2.24, 2.45) is 4.99 Å². The van der Waals surface area contributed by atoms with Crippen LogP contribution in [0.15, 0.2) is 48.0 Å². The maximum atomic E-state index is 5.70. The molecule has 2 N–H and O–H groups in total. The minimum atomic E-state index is 0. The molecule has 0 radical (unpaired) electrons. The van der Waals surface area contributed by atoms with E-state index in [0.29, 0.717) is 13.2 Å². The molecule has 0 amide bonds. The van der Waals surface area contributed by atoms with Gasteiger partial charge in [0.2, 0.25) is 0 Å². The lowest BCUT2D eigenvalue weighted by molar-refractivity contribution is 0.359. The third-order valence-electron chi connectivity index (χ3n) is 4.02. The van der Waals surface area contributed by atoms with Crippen LogP contribution >= 0.6 is 24.0 Å². The standard InChI is InChI=1S/C21H31N5O.HI/c1-5-14-27-20-11-8-7-10-19(20)16-24-21(22-6-2)23-12-9-13-26-18(4)15-17(3)25-26;/h5,7-8,10-11,15H,1,6,9,12-14,16H2,2-4H3,(H2,22,23,24);1H. The lowest BCUT2D eigenvalue weighted by Gasteiger charge is -2.13. The van der Waals surface area contributed by atoms with E-state index in [4.69, 9.17) is 4.74 Å². The average Bonchev–Trinajstić information content (AvgIpc) is 2.99. The minimum absolute atomic E-state index is 0. The van der Waals surface area contributed by atoms with E-state index >= 15 is 0 Å². The molecule has 1 aromatic carbocycles. The Morgan fingerprint density at radius 1 is 1.29 bits per heavy atom. The van der Waals surface area contributed by atoms with Gasteiger partial charge in [0.15, 0.2) is 5.96 Å². The predicted molar refractivity (Wildman–Crippen MR) is 127 cm³/mol. The van der Waals surface area contributed by atoms with Gasteiger partial charge in [-0.15, -0.1) is 24.0 Å². The van der Waals surface area contributed by atoms with Crippen LogP contribution in [0.3, 0.4) is 0 Å². The van der Waals surface area contributed by atoms with E-state index in [1.54, 1.807) is 6.08 Å². The smallest absolute Gasteiger partial charge is 0.191 e. The molecule has 6 nitrogen and oxygen atoms in total. The van der Waals surface area contributed by atoms with Gasteiger partial charge in [0, 0.05) is 30.9 Å². The van der Waals surface area contributed by atoms with Crippen LogP contribution in [0.4, 0.5) is 0 Å². The summed E-state index contributed by atoms with van der Waals surface area (Å²) in [5.74, 6) is 1.66. The molecule has 0 spiro atoms. The summed E-state index contributed by atoms with van der Waals surface area (Å²) in [6.07, 6.45) is 2.72. The van der Waals surface area contributed by atoms with Gasteiger partial charge in [-0.2, -0.15) is 5.10 Å². The zero-order valence-electron chi connectivity index (χ0n) is 17.1. The summed E-state index contributed by atoms with van der Waals surface area (Å²) in [6, 6.07) is 10.1. The number of guanidine groups is 1. The summed E-state index contributed by atoms with van der Waals surface area (Å²) in [5.41, 5.74) is 3.32. The number of para-hydroxylation sites is 1. The van der Waals surface area contributed by atoms with E-state index in [9.17, 15) is 0 Å². The number of ether oxygens (including phenoxy) is 1. The van der Waals surface area contributed by atoms with Crippen LogP contribution in [0, 0.1) is 13.8 Å². The van der Waals surface area contributed by atoms with Crippen LogP contribution in [-0.4, -0.2) is 35.4 Å². The molecule has 0 aliphatic carbocycles. The van der Waals surface area contributed by atoms with Crippen LogP contribution in [0.25, 0.3) is 0 Å². The summed E-state index contributed by atoms with van der Waals surface area (Å²) in [4.78, 5) is 4.68. The normalized spacial score (nSPS) is 10.9. The molecule has 0 aliphatic heterocycles. The van der Waals surface area contributed by atoms with Crippen molar-refractivity contribution >= 4 is 29.9 Å². The molecule has 0 aliphatic rings. The van der Waals surface area contributed by atoms with Crippen LogP contribution in [-0.2, 0) is 13.1 Å². The van der Waals surface area contributed by atoms with Crippen molar-refractivity contribution in [3.63, 3.8) is 0 Å². The van der Waals surface area contributed by atoms with Crippen LogP contribution < -0.4 is 15.4 Å². The van der Waals surface area contributed by atoms with Crippen molar-refractivity contribution in [3.8, 4) is 5.75 Å². The molecule has 0 saturated carbocycles. The van der Waals surface area contributed by atoms with Crippen molar-refractivity contribution < 1.29 is 4.74 Å². The number of rotatable bonds is 10.